The molecule has 4 heteroatoms. The highest BCUT2D eigenvalue weighted by molar-refractivity contribution is 6.00. The zero-order valence-electron chi connectivity index (χ0n) is 15.0. The van der Waals surface area contributed by atoms with Gasteiger partial charge in [0.25, 0.3) is 0 Å². The van der Waals surface area contributed by atoms with E-state index < -0.39 is 0 Å². The molecule has 0 bridgehead atoms. The predicted octanol–water partition coefficient (Wildman–Crippen LogP) is 3.11. The van der Waals surface area contributed by atoms with E-state index in [0.29, 0.717) is 24.8 Å². The van der Waals surface area contributed by atoms with Gasteiger partial charge in [-0.2, -0.15) is 0 Å². The molecule has 24 heavy (non-hydrogen) atoms. The SMILES string of the molecule is CCc1ccc(N2C[C@@H](C(=O)N3C[C@@H](C)C[C@H](C)C3)CC2=O)cc1. The zero-order valence-corrected chi connectivity index (χ0v) is 15.0. The fourth-order valence-corrected chi connectivity index (χ4v) is 4.14. The molecule has 2 saturated heterocycles. The topological polar surface area (TPSA) is 40.6 Å². The molecule has 0 spiro atoms. The highest BCUT2D eigenvalue weighted by Gasteiger charge is 2.38. The van der Waals surface area contributed by atoms with E-state index in [1.165, 1.54) is 12.0 Å². The van der Waals surface area contributed by atoms with E-state index in [-0.39, 0.29) is 17.7 Å². The number of hydrogen-bond acceptors (Lipinski definition) is 2. The van der Waals surface area contributed by atoms with Crippen LogP contribution in [0.1, 0.15) is 39.2 Å². The van der Waals surface area contributed by atoms with E-state index in [9.17, 15) is 9.59 Å². The Kier molecular flexibility index (Phi) is 4.93. The average Bonchev–Trinajstić information content (AvgIpc) is 2.95. The summed E-state index contributed by atoms with van der Waals surface area (Å²) in [5.41, 5.74) is 2.17. The summed E-state index contributed by atoms with van der Waals surface area (Å²) in [4.78, 5) is 29.0. The number of carbonyl (C=O) groups is 2. The quantitative estimate of drug-likeness (QED) is 0.855. The van der Waals surface area contributed by atoms with Gasteiger partial charge in [-0.3, -0.25) is 9.59 Å². The average molecular weight is 328 g/mol. The number of nitrogens with zero attached hydrogens (tertiary/aromatic N) is 2. The fourth-order valence-electron chi connectivity index (χ4n) is 4.14. The van der Waals surface area contributed by atoms with E-state index in [0.717, 1.165) is 25.2 Å². The van der Waals surface area contributed by atoms with Gasteiger partial charge in [0.1, 0.15) is 0 Å². The number of amides is 2. The summed E-state index contributed by atoms with van der Waals surface area (Å²) in [6, 6.07) is 8.11. The molecule has 2 heterocycles. The van der Waals surface area contributed by atoms with Crippen LogP contribution in [0.15, 0.2) is 24.3 Å². The second-order valence-electron chi connectivity index (χ2n) is 7.61. The highest BCUT2D eigenvalue weighted by Crippen LogP contribution is 2.29. The Morgan fingerprint density at radius 3 is 2.29 bits per heavy atom. The van der Waals surface area contributed by atoms with Crippen LogP contribution in [-0.4, -0.2) is 36.3 Å². The summed E-state index contributed by atoms with van der Waals surface area (Å²) in [5.74, 6) is 1.13. The Morgan fingerprint density at radius 1 is 1.08 bits per heavy atom. The smallest absolute Gasteiger partial charge is 0.228 e. The van der Waals surface area contributed by atoms with Gasteiger partial charge in [-0.1, -0.05) is 32.9 Å². The minimum absolute atomic E-state index is 0.0655. The molecule has 4 nitrogen and oxygen atoms in total. The molecule has 1 aromatic carbocycles. The number of piperidine rings is 1. The van der Waals surface area contributed by atoms with Crippen molar-refractivity contribution < 1.29 is 9.59 Å². The lowest BCUT2D eigenvalue weighted by atomic mass is 9.91. The molecule has 130 valence electrons. The first-order chi connectivity index (χ1) is 11.5. The lowest BCUT2D eigenvalue weighted by Gasteiger charge is -2.36. The lowest BCUT2D eigenvalue weighted by Crippen LogP contribution is -2.45. The van der Waals surface area contributed by atoms with Crippen molar-refractivity contribution in [2.24, 2.45) is 17.8 Å². The van der Waals surface area contributed by atoms with Crippen molar-refractivity contribution in [2.75, 3.05) is 24.5 Å². The molecule has 2 aliphatic heterocycles. The van der Waals surface area contributed by atoms with Gasteiger partial charge in [-0.05, 0) is 42.4 Å². The summed E-state index contributed by atoms with van der Waals surface area (Å²) in [7, 11) is 0. The van der Waals surface area contributed by atoms with E-state index >= 15 is 0 Å². The molecule has 0 N–H and O–H groups in total. The van der Waals surface area contributed by atoms with Crippen LogP contribution < -0.4 is 4.90 Å². The number of aryl methyl sites for hydroxylation is 1. The van der Waals surface area contributed by atoms with Crippen LogP contribution in [0, 0.1) is 17.8 Å². The Balaban J connectivity index is 1.68. The third kappa shape index (κ3) is 3.47. The molecular formula is C20H28N2O2. The summed E-state index contributed by atoms with van der Waals surface area (Å²) in [6.45, 7) is 8.71. The van der Waals surface area contributed by atoms with Crippen molar-refractivity contribution in [2.45, 2.75) is 40.0 Å². The molecule has 0 aromatic heterocycles. The van der Waals surface area contributed by atoms with Gasteiger partial charge in [0.05, 0.1) is 5.92 Å². The van der Waals surface area contributed by atoms with Crippen LogP contribution in [0.25, 0.3) is 0 Å². The summed E-state index contributed by atoms with van der Waals surface area (Å²) >= 11 is 0. The fraction of sp³-hybridized carbons (Fsp3) is 0.600. The number of carbonyl (C=O) groups excluding carboxylic acids is 2. The minimum Gasteiger partial charge on any atom is -0.342 e. The maximum atomic E-state index is 12.9. The first-order valence-electron chi connectivity index (χ1n) is 9.16. The molecule has 1 aromatic rings. The van der Waals surface area contributed by atoms with Crippen LogP contribution in [0.4, 0.5) is 5.69 Å². The second-order valence-corrected chi connectivity index (χ2v) is 7.61. The van der Waals surface area contributed by atoms with Crippen molar-refractivity contribution in [1.82, 2.24) is 4.90 Å². The Labute approximate surface area is 144 Å². The maximum absolute atomic E-state index is 12.9. The van der Waals surface area contributed by atoms with E-state index in [1.807, 2.05) is 17.0 Å². The molecule has 2 aliphatic rings. The largest absolute Gasteiger partial charge is 0.342 e. The number of benzene rings is 1. The van der Waals surface area contributed by atoms with Crippen molar-refractivity contribution in [3.8, 4) is 0 Å². The van der Waals surface area contributed by atoms with E-state index in [2.05, 4.69) is 32.9 Å². The molecule has 2 amide bonds. The Hall–Kier alpha value is -1.84. The van der Waals surface area contributed by atoms with Gasteiger partial charge in [-0.15, -0.1) is 0 Å². The van der Waals surface area contributed by atoms with Crippen LogP contribution in [-0.2, 0) is 16.0 Å². The van der Waals surface area contributed by atoms with Crippen molar-refractivity contribution in [3.05, 3.63) is 29.8 Å². The molecule has 0 unspecified atom stereocenters. The van der Waals surface area contributed by atoms with Gasteiger partial charge >= 0.3 is 0 Å². The van der Waals surface area contributed by atoms with Gasteiger partial charge < -0.3 is 9.80 Å². The number of likely N-dealkylation sites (tertiary alicyclic amines) is 1. The predicted molar refractivity (Wildman–Crippen MR) is 95.8 cm³/mol. The number of hydrogen-bond donors (Lipinski definition) is 0. The Morgan fingerprint density at radius 2 is 1.71 bits per heavy atom. The summed E-state index contributed by atoms with van der Waals surface area (Å²) in [6.07, 6.45) is 2.51. The molecule has 0 aliphatic carbocycles. The molecular weight excluding hydrogens is 300 g/mol. The summed E-state index contributed by atoms with van der Waals surface area (Å²) < 4.78 is 0. The zero-order chi connectivity index (χ0) is 17.3. The van der Waals surface area contributed by atoms with Crippen LogP contribution >= 0.6 is 0 Å². The first kappa shape index (κ1) is 17.0. The minimum atomic E-state index is -0.194. The normalized spacial score (nSPS) is 27.6. The summed E-state index contributed by atoms with van der Waals surface area (Å²) in [5, 5.41) is 0. The number of anilines is 1. The number of rotatable bonds is 3. The monoisotopic (exact) mass is 328 g/mol. The van der Waals surface area contributed by atoms with Crippen molar-refractivity contribution in [3.63, 3.8) is 0 Å². The van der Waals surface area contributed by atoms with Crippen LogP contribution in [0.2, 0.25) is 0 Å². The third-order valence-corrected chi connectivity index (χ3v) is 5.31. The van der Waals surface area contributed by atoms with Crippen LogP contribution in [0.5, 0.6) is 0 Å². The van der Waals surface area contributed by atoms with Gasteiger partial charge in [-0.25, -0.2) is 0 Å². The maximum Gasteiger partial charge on any atom is 0.228 e. The second kappa shape index (κ2) is 6.96. The third-order valence-electron chi connectivity index (χ3n) is 5.31. The van der Waals surface area contributed by atoms with E-state index in [1.54, 1.807) is 4.90 Å². The lowest BCUT2D eigenvalue weighted by molar-refractivity contribution is -0.138. The molecule has 3 rings (SSSR count). The molecule has 0 saturated carbocycles. The van der Waals surface area contributed by atoms with E-state index in [4.69, 9.17) is 0 Å². The van der Waals surface area contributed by atoms with Crippen LogP contribution in [0.3, 0.4) is 0 Å². The van der Waals surface area contributed by atoms with Gasteiger partial charge in [0.2, 0.25) is 11.8 Å². The van der Waals surface area contributed by atoms with Crippen molar-refractivity contribution >= 4 is 17.5 Å². The Bertz CT molecular complexity index is 601. The highest BCUT2D eigenvalue weighted by atomic mass is 16.2. The molecule has 2 fully saturated rings. The molecule has 3 atom stereocenters. The first-order valence-corrected chi connectivity index (χ1v) is 9.16. The standard InChI is InChI=1S/C20H28N2O2/c1-4-16-5-7-18(8-6-16)22-13-17(10-19(22)23)20(24)21-11-14(2)9-15(3)12-21/h5-8,14-15,17H,4,9-13H2,1-3H3/t14-,15-,17-/m0/s1. The van der Waals surface area contributed by atoms with Gasteiger partial charge in [0.15, 0.2) is 0 Å². The van der Waals surface area contributed by atoms with Gasteiger partial charge in [0, 0.05) is 31.7 Å². The van der Waals surface area contributed by atoms with Crippen molar-refractivity contribution in [1.29, 1.82) is 0 Å². The molecule has 0 radical (unpaired) electrons.